The van der Waals surface area contributed by atoms with Crippen molar-refractivity contribution in [1.82, 2.24) is 9.88 Å². The lowest BCUT2D eigenvalue weighted by Gasteiger charge is -2.38. The molecule has 0 saturated carbocycles. The molecule has 20 heavy (non-hydrogen) atoms. The zero-order valence-corrected chi connectivity index (χ0v) is 13.3. The second-order valence-corrected chi connectivity index (χ2v) is 6.20. The van der Waals surface area contributed by atoms with Crippen molar-refractivity contribution < 1.29 is 0 Å². The molecule has 1 saturated heterocycles. The van der Waals surface area contributed by atoms with E-state index in [-0.39, 0.29) is 0 Å². The van der Waals surface area contributed by atoms with Crippen molar-refractivity contribution in [3.05, 3.63) is 36.2 Å². The van der Waals surface area contributed by atoms with E-state index in [2.05, 4.69) is 62.3 Å². The molecule has 3 nitrogen and oxygen atoms in total. The number of rotatable bonds is 4. The summed E-state index contributed by atoms with van der Waals surface area (Å²) < 4.78 is 0. The average molecular weight is 273 g/mol. The van der Waals surface area contributed by atoms with Gasteiger partial charge in [0.1, 0.15) is 5.82 Å². The van der Waals surface area contributed by atoms with Gasteiger partial charge in [-0.25, -0.2) is 4.98 Å². The van der Waals surface area contributed by atoms with Crippen LogP contribution in [0.1, 0.15) is 39.3 Å². The lowest BCUT2D eigenvalue weighted by atomic mass is 10.1. The van der Waals surface area contributed by atoms with Crippen LogP contribution in [0.2, 0.25) is 0 Å². The molecular weight excluding hydrogens is 246 g/mol. The minimum absolute atomic E-state index is 0.483. The van der Waals surface area contributed by atoms with Crippen molar-refractivity contribution in [3.8, 4) is 0 Å². The van der Waals surface area contributed by atoms with Gasteiger partial charge in [-0.15, -0.1) is 0 Å². The lowest BCUT2D eigenvalue weighted by molar-refractivity contribution is 0.295. The van der Waals surface area contributed by atoms with Gasteiger partial charge < -0.3 is 9.80 Å². The molecule has 1 aliphatic rings. The minimum atomic E-state index is 0.483. The standard InChI is InChI=1S/C17H27N3/c1-13(2)15(5)19-9-11-20(12-10-19)17-8-6-7-16(18-17)14(3)4/h6-8,13-14H,5,9-12H2,1-4H3. The van der Waals surface area contributed by atoms with Crippen LogP contribution in [-0.4, -0.2) is 36.1 Å². The van der Waals surface area contributed by atoms with Crippen LogP contribution in [0.25, 0.3) is 0 Å². The van der Waals surface area contributed by atoms with Crippen LogP contribution >= 0.6 is 0 Å². The summed E-state index contributed by atoms with van der Waals surface area (Å²) in [7, 11) is 0. The molecule has 0 N–H and O–H groups in total. The Bertz CT molecular complexity index is 457. The molecule has 0 aliphatic carbocycles. The highest BCUT2D eigenvalue weighted by atomic mass is 15.3. The molecule has 0 amide bonds. The molecule has 0 unspecified atom stereocenters. The summed E-state index contributed by atoms with van der Waals surface area (Å²) in [5, 5.41) is 0. The molecule has 3 heteroatoms. The van der Waals surface area contributed by atoms with E-state index >= 15 is 0 Å². The predicted molar refractivity (Wildman–Crippen MR) is 86.1 cm³/mol. The highest BCUT2D eigenvalue weighted by molar-refractivity contribution is 5.40. The van der Waals surface area contributed by atoms with Crippen molar-refractivity contribution >= 4 is 5.82 Å². The van der Waals surface area contributed by atoms with Crippen molar-refractivity contribution in [2.24, 2.45) is 5.92 Å². The second kappa shape index (κ2) is 6.29. The Labute approximate surface area is 123 Å². The third kappa shape index (κ3) is 3.33. The van der Waals surface area contributed by atoms with Crippen molar-refractivity contribution in [1.29, 1.82) is 0 Å². The Kier molecular flexibility index (Phi) is 4.69. The molecule has 0 spiro atoms. The van der Waals surface area contributed by atoms with E-state index in [0.29, 0.717) is 11.8 Å². The van der Waals surface area contributed by atoms with Gasteiger partial charge in [0.25, 0.3) is 0 Å². The maximum Gasteiger partial charge on any atom is 0.128 e. The smallest absolute Gasteiger partial charge is 0.128 e. The van der Waals surface area contributed by atoms with Crippen LogP contribution in [0, 0.1) is 5.92 Å². The summed E-state index contributed by atoms with van der Waals surface area (Å²) in [6.45, 7) is 17.2. The summed E-state index contributed by atoms with van der Waals surface area (Å²) in [4.78, 5) is 9.58. The molecule has 110 valence electrons. The quantitative estimate of drug-likeness (QED) is 0.837. The number of nitrogens with zero attached hydrogens (tertiary/aromatic N) is 3. The number of hydrogen-bond donors (Lipinski definition) is 0. The normalized spacial score (nSPS) is 16.1. The predicted octanol–water partition coefficient (Wildman–Crippen LogP) is 3.50. The van der Waals surface area contributed by atoms with Gasteiger partial charge in [0.2, 0.25) is 0 Å². The molecule has 0 bridgehead atoms. The van der Waals surface area contributed by atoms with Crippen LogP contribution in [0.5, 0.6) is 0 Å². The Morgan fingerprint density at radius 1 is 1.10 bits per heavy atom. The van der Waals surface area contributed by atoms with E-state index in [0.717, 1.165) is 32.0 Å². The van der Waals surface area contributed by atoms with Gasteiger partial charge in [-0.05, 0) is 24.0 Å². The topological polar surface area (TPSA) is 19.4 Å². The maximum atomic E-state index is 4.79. The van der Waals surface area contributed by atoms with Gasteiger partial charge in [-0.2, -0.15) is 0 Å². The first-order valence-corrected chi connectivity index (χ1v) is 7.64. The Hall–Kier alpha value is -1.51. The van der Waals surface area contributed by atoms with Crippen LogP contribution in [0.15, 0.2) is 30.5 Å². The van der Waals surface area contributed by atoms with Crippen molar-refractivity contribution in [3.63, 3.8) is 0 Å². The molecule has 1 aromatic rings. The van der Waals surface area contributed by atoms with E-state index in [1.54, 1.807) is 0 Å². The monoisotopic (exact) mass is 273 g/mol. The fourth-order valence-corrected chi connectivity index (χ4v) is 2.53. The summed E-state index contributed by atoms with van der Waals surface area (Å²) in [5.41, 5.74) is 2.44. The first kappa shape index (κ1) is 14.9. The highest BCUT2D eigenvalue weighted by Gasteiger charge is 2.20. The molecule has 1 fully saturated rings. The van der Waals surface area contributed by atoms with E-state index in [9.17, 15) is 0 Å². The van der Waals surface area contributed by atoms with Gasteiger partial charge in [0.05, 0.1) is 0 Å². The number of piperazine rings is 1. The molecule has 2 rings (SSSR count). The first-order chi connectivity index (χ1) is 9.49. The van der Waals surface area contributed by atoms with Gasteiger partial charge in [-0.3, -0.25) is 0 Å². The largest absolute Gasteiger partial charge is 0.372 e. The van der Waals surface area contributed by atoms with E-state index < -0.39 is 0 Å². The Morgan fingerprint density at radius 3 is 2.30 bits per heavy atom. The summed E-state index contributed by atoms with van der Waals surface area (Å²) in [6, 6.07) is 6.36. The molecular formula is C17H27N3. The van der Waals surface area contributed by atoms with E-state index in [1.807, 2.05) is 0 Å². The van der Waals surface area contributed by atoms with Gasteiger partial charge in [0.15, 0.2) is 0 Å². The third-order valence-corrected chi connectivity index (χ3v) is 4.02. The van der Waals surface area contributed by atoms with E-state index in [1.165, 1.54) is 11.4 Å². The van der Waals surface area contributed by atoms with E-state index in [4.69, 9.17) is 4.98 Å². The number of pyridine rings is 1. The van der Waals surface area contributed by atoms with Crippen molar-refractivity contribution in [2.45, 2.75) is 33.6 Å². The van der Waals surface area contributed by atoms with Crippen molar-refractivity contribution in [2.75, 3.05) is 31.1 Å². The fraction of sp³-hybridized carbons (Fsp3) is 0.588. The maximum absolute atomic E-state index is 4.79. The van der Waals surface area contributed by atoms with Gasteiger partial charge in [-0.1, -0.05) is 40.3 Å². The number of aromatic nitrogens is 1. The fourth-order valence-electron chi connectivity index (χ4n) is 2.53. The zero-order chi connectivity index (χ0) is 14.7. The summed E-state index contributed by atoms with van der Waals surface area (Å²) in [6.07, 6.45) is 0. The summed E-state index contributed by atoms with van der Waals surface area (Å²) >= 11 is 0. The molecule has 0 radical (unpaired) electrons. The van der Waals surface area contributed by atoms with Crippen LogP contribution in [0.3, 0.4) is 0 Å². The minimum Gasteiger partial charge on any atom is -0.372 e. The van der Waals surface area contributed by atoms with Crippen LogP contribution < -0.4 is 4.90 Å². The SMILES string of the molecule is C=C(C(C)C)N1CCN(c2cccc(C(C)C)n2)CC1. The van der Waals surface area contributed by atoms with Crippen LogP contribution in [0.4, 0.5) is 5.82 Å². The first-order valence-electron chi connectivity index (χ1n) is 7.64. The van der Waals surface area contributed by atoms with Crippen LogP contribution in [-0.2, 0) is 0 Å². The molecule has 0 atom stereocenters. The number of hydrogen-bond acceptors (Lipinski definition) is 3. The van der Waals surface area contributed by atoms with Gasteiger partial charge in [0, 0.05) is 37.6 Å². The average Bonchev–Trinajstić information content (AvgIpc) is 2.46. The second-order valence-electron chi connectivity index (χ2n) is 6.20. The molecule has 1 aromatic heterocycles. The third-order valence-electron chi connectivity index (χ3n) is 4.02. The highest BCUT2D eigenvalue weighted by Crippen LogP contribution is 2.21. The summed E-state index contributed by atoms with van der Waals surface area (Å²) in [5.74, 6) is 2.13. The molecule has 0 aromatic carbocycles. The number of anilines is 1. The Balaban J connectivity index is 2.00. The molecule has 2 heterocycles. The zero-order valence-electron chi connectivity index (χ0n) is 13.3. The number of allylic oxidation sites excluding steroid dienone is 1. The lowest BCUT2D eigenvalue weighted by Crippen LogP contribution is -2.46. The molecule has 1 aliphatic heterocycles. The van der Waals surface area contributed by atoms with Gasteiger partial charge >= 0.3 is 0 Å². The Morgan fingerprint density at radius 2 is 1.75 bits per heavy atom.